The zero-order chi connectivity index (χ0) is 28.1. The number of hydrogen-bond acceptors (Lipinski definition) is 11. The van der Waals surface area contributed by atoms with E-state index in [1.807, 2.05) is 0 Å². The van der Waals surface area contributed by atoms with Crippen LogP contribution in [-0.2, 0) is 45.4 Å². The quantitative estimate of drug-likeness (QED) is 0.132. The van der Waals surface area contributed by atoms with Crippen molar-refractivity contribution in [1.29, 1.82) is 0 Å². The normalized spacial score (nSPS) is 11.6. The summed E-state index contributed by atoms with van der Waals surface area (Å²) in [5, 5.41) is 13.5. The lowest BCUT2D eigenvalue weighted by molar-refractivity contribution is -0.385. The molecule has 0 aliphatic carbocycles. The average Bonchev–Trinajstić information content (AvgIpc) is 2.92. The second-order valence-electron chi connectivity index (χ2n) is 7.83. The van der Waals surface area contributed by atoms with Crippen LogP contribution in [0.25, 0.3) is 0 Å². The van der Waals surface area contributed by atoms with Crippen LogP contribution in [0.5, 0.6) is 0 Å². The van der Waals surface area contributed by atoms with Gasteiger partial charge in [-0.05, 0) is 38.3 Å². The van der Waals surface area contributed by atoms with Gasteiger partial charge in [0.25, 0.3) is 5.69 Å². The van der Waals surface area contributed by atoms with Crippen molar-refractivity contribution in [3.05, 3.63) is 70.0 Å². The largest absolute Gasteiger partial charge is 0.467 e. The Kier molecular flexibility index (Phi) is 11.1. The Balaban J connectivity index is 2.36. The van der Waals surface area contributed by atoms with Gasteiger partial charge in [-0.1, -0.05) is 30.3 Å². The van der Waals surface area contributed by atoms with E-state index in [1.165, 1.54) is 13.8 Å². The fourth-order valence-corrected chi connectivity index (χ4v) is 3.54. The zero-order valence-electron chi connectivity index (χ0n) is 21.2. The molecule has 0 saturated carbocycles. The third-order valence-electron chi connectivity index (χ3n) is 5.44. The lowest BCUT2D eigenvalue weighted by Gasteiger charge is -2.29. The molecule has 0 aliphatic rings. The molecule has 0 spiro atoms. The average molecular weight is 532 g/mol. The van der Waals surface area contributed by atoms with Crippen molar-refractivity contribution in [3.63, 3.8) is 0 Å². The maximum atomic E-state index is 13.2. The molecular weight excluding hydrogens is 502 g/mol. The molecule has 0 aliphatic heterocycles. The lowest BCUT2D eigenvalue weighted by Crippen LogP contribution is -2.49. The summed E-state index contributed by atoms with van der Waals surface area (Å²) in [7, 11) is 1.11. The van der Waals surface area contributed by atoms with Gasteiger partial charge in [-0.25, -0.2) is 9.59 Å². The summed E-state index contributed by atoms with van der Waals surface area (Å²) in [4.78, 5) is 65.7. The van der Waals surface area contributed by atoms with Crippen molar-refractivity contribution in [1.82, 2.24) is 10.3 Å². The number of nitrogens with one attached hydrogen (secondary N) is 1. The molecule has 2 aromatic rings. The number of hydrogen-bond donors (Lipinski definition) is 1. The Labute approximate surface area is 218 Å². The molecule has 0 fully saturated rings. The number of carbonyl (C=O) groups is 4. The third-order valence-corrected chi connectivity index (χ3v) is 5.44. The summed E-state index contributed by atoms with van der Waals surface area (Å²) in [5.41, 5.74) is -2.03. The summed E-state index contributed by atoms with van der Waals surface area (Å²) in [6.07, 6.45) is -0.771. The van der Waals surface area contributed by atoms with E-state index in [4.69, 9.17) is 18.9 Å². The summed E-state index contributed by atoms with van der Waals surface area (Å²) in [5.74, 6) is -2.93. The van der Waals surface area contributed by atoms with Crippen LogP contribution in [0, 0.1) is 10.1 Å². The highest BCUT2D eigenvalue weighted by atomic mass is 16.6. The van der Waals surface area contributed by atoms with Crippen LogP contribution in [0.4, 0.5) is 10.5 Å². The summed E-state index contributed by atoms with van der Waals surface area (Å²) < 4.78 is 20.2. The summed E-state index contributed by atoms with van der Waals surface area (Å²) in [6.45, 7) is 2.79. The maximum absolute atomic E-state index is 13.2. The molecule has 13 nitrogen and oxygen atoms in total. The van der Waals surface area contributed by atoms with Gasteiger partial charge in [-0.15, -0.1) is 0 Å². The molecule has 1 N–H and O–H groups in total. The molecule has 0 radical (unpaired) electrons. The molecule has 0 unspecified atom stereocenters. The zero-order valence-corrected chi connectivity index (χ0v) is 21.2. The monoisotopic (exact) mass is 531 g/mol. The Morgan fingerprint density at radius 1 is 1.00 bits per heavy atom. The Hall–Kier alpha value is -4.55. The summed E-state index contributed by atoms with van der Waals surface area (Å²) >= 11 is 0. The van der Waals surface area contributed by atoms with Crippen molar-refractivity contribution in [3.8, 4) is 0 Å². The number of methoxy groups -OCH3 is 1. The van der Waals surface area contributed by atoms with Gasteiger partial charge in [0.15, 0.2) is 0 Å². The molecule has 0 bridgehead atoms. The van der Waals surface area contributed by atoms with Crippen molar-refractivity contribution < 1.29 is 43.0 Å². The third kappa shape index (κ3) is 7.48. The molecule has 1 heterocycles. The van der Waals surface area contributed by atoms with Crippen LogP contribution in [0.15, 0.2) is 48.7 Å². The first-order valence-electron chi connectivity index (χ1n) is 11.7. The van der Waals surface area contributed by atoms with E-state index in [-0.39, 0.29) is 37.6 Å². The predicted octanol–water partition coefficient (Wildman–Crippen LogP) is 2.60. The predicted molar refractivity (Wildman–Crippen MR) is 131 cm³/mol. The Morgan fingerprint density at radius 3 is 2.13 bits per heavy atom. The van der Waals surface area contributed by atoms with Crippen molar-refractivity contribution in [2.24, 2.45) is 0 Å². The fourth-order valence-electron chi connectivity index (χ4n) is 3.54. The number of benzene rings is 1. The number of carbonyl (C=O) groups excluding carboxylic acids is 4. The van der Waals surface area contributed by atoms with Crippen LogP contribution < -0.4 is 5.32 Å². The minimum absolute atomic E-state index is 0.0666. The van der Waals surface area contributed by atoms with Gasteiger partial charge in [0.1, 0.15) is 18.8 Å². The van der Waals surface area contributed by atoms with Gasteiger partial charge in [0, 0.05) is 6.07 Å². The van der Waals surface area contributed by atoms with Gasteiger partial charge in [0.05, 0.1) is 30.9 Å². The number of alkyl carbamates (subject to hydrolysis) is 1. The minimum atomic E-state index is -2.19. The Bertz CT molecular complexity index is 1100. The molecule has 38 heavy (non-hydrogen) atoms. The summed E-state index contributed by atoms with van der Waals surface area (Å²) in [6, 6.07) is 9.72. The highest BCUT2D eigenvalue weighted by molar-refractivity contribution is 6.06. The molecule has 1 aromatic carbocycles. The van der Waals surface area contributed by atoms with E-state index in [9.17, 15) is 29.3 Å². The van der Waals surface area contributed by atoms with E-state index in [1.54, 1.807) is 30.3 Å². The van der Waals surface area contributed by atoms with Crippen molar-refractivity contribution in [2.45, 2.75) is 44.8 Å². The highest BCUT2D eigenvalue weighted by Gasteiger charge is 2.52. The van der Waals surface area contributed by atoms with Crippen LogP contribution in [0.2, 0.25) is 0 Å². The number of rotatable bonds is 13. The number of esters is 3. The van der Waals surface area contributed by atoms with Crippen LogP contribution >= 0.6 is 0 Å². The van der Waals surface area contributed by atoms with Crippen molar-refractivity contribution in [2.75, 3.05) is 20.3 Å². The standard InChI is InChI=1S/C25H29N3O10/c1-4-36-22(30)25(23(31)37-5-2,20-12-11-18(15-26-20)28(33)34)14-13-19(21(29)35-3)27-24(32)38-16-17-9-7-6-8-10-17/h6-12,15,19H,4-5,13-14,16H2,1-3H3,(H,27,32)/t19-/m0/s1. The molecule has 1 atom stereocenters. The molecule has 1 amide bonds. The SMILES string of the molecule is CCOC(=O)C(CC[C@H](NC(=O)OCc1ccccc1)C(=O)OC)(C(=O)OCC)c1ccc([N+](=O)[O-])cn1. The number of nitrogens with zero attached hydrogens (tertiary/aromatic N) is 2. The van der Waals surface area contributed by atoms with Gasteiger partial charge >= 0.3 is 24.0 Å². The van der Waals surface area contributed by atoms with E-state index in [0.29, 0.717) is 5.56 Å². The Morgan fingerprint density at radius 2 is 1.63 bits per heavy atom. The molecule has 0 saturated heterocycles. The number of pyridine rings is 1. The minimum Gasteiger partial charge on any atom is -0.467 e. The number of aromatic nitrogens is 1. The number of nitro groups is 1. The molecule has 2 rings (SSSR count). The van der Waals surface area contributed by atoms with Crippen molar-refractivity contribution >= 4 is 29.7 Å². The van der Waals surface area contributed by atoms with Crippen LogP contribution in [0.3, 0.4) is 0 Å². The first-order chi connectivity index (χ1) is 18.2. The highest BCUT2D eigenvalue weighted by Crippen LogP contribution is 2.33. The molecule has 204 valence electrons. The number of ether oxygens (including phenoxy) is 4. The van der Waals surface area contributed by atoms with E-state index in [0.717, 1.165) is 25.4 Å². The van der Waals surface area contributed by atoms with Gasteiger partial charge < -0.3 is 24.3 Å². The first kappa shape index (κ1) is 29.7. The molecular formula is C25H29N3O10. The van der Waals surface area contributed by atoms with E-state index >= 15 is 0 Å². The first-order valence-corrected chi connectivity index (χ1v) is 11.7. The fraction of sp³-hybridized carbons (Fsp3) is 0.400. The van der Waals surface area contributed by atoms with Gasteiger partial charge in [0.2, 0.25) is 5.41 Å². The second kappa shape index (κ2) is 14.3. The second-order valence-corrected chi connectivity index (χ2v) is 7.83. The molecule has 13 heteroatoms. The van der Waals surface area contributed by atoms with Gasteiger partial charge in [-0.3, -0.25) is 24.7 Å². The lowest BCUT2D eigenvalue weighted by atomic mass is 9.78. The smallest absolute Gasteiger partial charge is 0.408 e. The van der Waals surface area contributed by atoms with Gasteiger partial charge in [-0.2, -0.15) is 0 Å². The van der Waals surface area contributed by atoms with Crippen LogP contribution in [-0.4, -0.2) is 60.3 Å². The van der Waals surface area contributed by atoms with E-state index < -0.39 is 46.8 Å². The maximum Gasteiger partial charge on any atom is 0.408 e. The molecule has 1 aromatic heterocycles. The topological polar surface area (TPSA) is 173 Å². The number of amides is 1. The van der Waals surface area contributed by atoms with Crippen LogP contribution in [0.1, 0.15) is 37.9 Å². The van der Waals surface area contributed by atoms with E-state index in [2.05, 4.69) is 10.3 Å².